The maximum atomic E-state index is 5.44. The SMILES string of the molecule is Cc1noc2cccc(-c3noc(CN)n3)c12. The van der Waals surface area contributed by atoms with E-state index in [1.807, 2.05) is 25.1 Å². The quantitative estimate of drug-likeness (QED) is 0.719. The highest BCUT2D eigenvalue weighted by Gasteiger charge is 2.15. The molecule has 0 saturated carbocycles. The largest absolute Gasteiger partial charge is 0.356 e. The van der Waals surface area contributed by atoms with E-state index >= 15 is 0 Å². The van der Waals surface area contributed by atoms with Crippen molar-refractivity contribution >= 4 is 11.0 Å². The lowest BCUT2D eigenvalue weighted by Crippen LogP contribution is -1.95. The zero-order valence-electron chi connectivity index (χ0n) is 9.17. The van der Waals surface area contributed by atoms with Gasteiger partial charge in [-0.05, 0) is 13.0 Å². The van der Waals surface area contributed by atoms with E-state index < -0.39 is 0 Å². The summed E-state index contributed by atoms with van der Waals surface area (Å²) in [5.41, 5.74) is 7.78. The summed E-state index contributed by atoms with van der Waals surface area (Å²) in [5.74, 6) is 0.911. The number of nitrogens with zero attached hydrogens (tertiary/aromatic N) is 3. The van der Waals surface area contributed by atoms with Gasteiger partial charge in [0, 0.05) is 5.56 Å². The Labute approximate surface area is 96.4 Å². The molecule has 6 heteroatoms. The van der Waals surface area contributed by atoms with Crippen molar-refractivity contribution in [3.05, 3.63) is 29.8 Å². The van der Waals surface area contributed by atoms with Gasteiger partial charge < -0.3 is 14.8 Å². The Morgan fingerprint density at radius 1 is 1.24 bits per heavy atom. The van der Waals surface area contributed by atoms with Crippen LogP contribution in [0.4, 0.5) is 0 Å². The standard InChI is InChI=1S/C11H10N4O2/c1-6-10-7(3-2-4-8(10)16-14-6)11-13-9(5-12)17-15-11/h2-4H,5,12H2,1H3. The molecule has 3 aromatic rings. The topological polar surface area (TPSA) is 91.0 Å². The second-order valence-electron chi connectivity index (χ2n) is 3.66. The molecule has 2 N–H and O–H groups in total. The third-order valence-corrected chi connectivity index (χ3v) is 2.55. The zero-order chi connectivity index (χ0) is 11.8. The molecule has 0 saturated heterocycles. The fraction of sp³-hybridized carbons (Fsp3) is 0.182. The zero-order valence-corrected chi connectivity index (χ0v) is 9.17. The van der Waals surface area contributed by atoms with Gasteiger partial charge in [-0.2, -0.15) is 4.98 Å². The van der Waals surface area contributed by atoms with Crippen molar-refractivity contribution < 1.29 is 9.05 Å². The van der Waals surface area contributed by atoms with E-state index in [9.17, 15) is 0 Å². The highest BCUT2D eigenvalue weighted by Crippen LogP contribution is 2.28. The van der Waals surface area contributed by atoms with Gasteiger partial charge in [-0.15, -0.1) is 0 Å². The van der Waals surface area contributed by atoms with Crippen molar-refractivity contribution in [1.82, 2.24) is 15.3 Å². The second kappa shape index (κ2) is 3.67. The first-order chi connectivity index (χ1) is 8.29. The molecule has 17 heavy (non-hydrogen) atoms. The van der Waals surface area contributed by atoms with Crippen LogP contribution in [0.5, 0.6) is 0 Å². The maximum Gasteiger partial charge on any atom is 0.240 e. The average Bonchev–Trinajstić information content (AvgIpc) is 2.96. The Bertz CT molecular complexity index is 671. The molecule has 0 unspecified atom stereocenters. The lowest BCUT2D eigenvalue weighted by Gasteiger charge is -1.95. The summed E-state index contributed by atoms with van der Waals surface area (Å²) in [5, 5.41) is 8.72. The normalized spacial score (nSPS) is 11.2. The van der Waals surface area contributed by atoms with Crippen LogP contribution in [0.2, 0.25) is 0 Å². The van der Waals surface area contributed by atoms with Gasteiger partial charge in [-0.25, -0.2) is 0 Å². The molecule has 0 aliphatic carbocycles. The molecule has 2 heterocycles. The number of aromatic nitrogens is 3. The Morgan fingerprint density at radius 2 is 2.12 bits per heavy atom. The molecular weight excluding hydrogens is 220 g/mol. The van der Waals surface area contributed by atoms with Crippen LogP contribution >= 0.6 is 0 Å². The van der Waals surface area contributed by atoms with E-state index in [4.69, 9.17) is 14.8 Å². The number of hydrogen-bond acceptors (Lipinski definition) is 6. The number of nitrogens with two attached hydrogens (primary N) is 1. The van der Waals surface area contributed by atoms with Crippen LogP contribution in [0.1, 0.15) is 11.6 Å². The van der Waals surface area contributed by atoms with Gasteiger partial charge in [0.05, 0.1) is 17.6 Å². The number of fused-ring (bicyclic) bond motifs is 1. The van der Waals surface area contributed by atoms with Crippen LogP contribution in [0.3, 0.4) is 0 Å². The van der Waals surface area contributed by atoms with Gasteiger partial charge in [0.25, 0.3) is 0 Å². The number of aryl methyl sites for hydroxylation is 1. The molecule has 0 amide bonds. The average molecular weight is 230 g/mol. The minimum atomic E-state index is 0.228. The molecule has 2 aromatic heterocycles. The Hall–Kier alpha value is -2.21. The Balaban J connectivity index is 2.25. The van der Waals surface area contributed by atoms with Crippen molar-refractivity contribution in [2.75, 3.05) is 0 Å². The van der Waals surface area contributed by atoms with Gasteiger partial charge >= 0.3 is 0 Å². The minimum absolute atomic E-state index is 0.228. The predicted octanol–water partition coefficient (Wildman–Crippen LogP) is 1.64. The van der Waals surface area contributed by atoms with E-state index in [1.54, 1.807) is 0 Å². The highest BCUT2D eigenvalue weighted by atomic mass is 16.5. The van der Waals surface area contributed by atoms with Gasteiger partial charge in [-0.3, -0.25) is 0 Å². The summed E-state index contributed by atoms with van der Waals surface area (Å²) >= 11 is 0. The molecular formula is C11H10N4O2. The molecule has 0 spiro atoms. The van der Waals surface area contributed by atoms with Crippen LogP contribution < -0.4 is 5.73 Å². The fourth-order valence-electron chi connectivity index (χ4n) is 1.78. The molecule has 0 fully saturated rings. The maximum absolute atomic E-state index is 5.44. The van der Waals surface area contributed by atoms with Crippen LogP contribution in [-0.2, 0) is 6.54 Å². The molecule has 1 aromatic carbocycles. The highest BCUT2D eigenvalue weighted by molar-refractivity contribution is 5.93. The van der Waals surface area contributed by atoms with Crippen LogP contribution in [-0.4, -0.2) is 15.3 Å². The fourth-order valence-corrected chi connectivity index (χ4v) is 1.78. The third kappa shape index (κ3) is 1.50. The van der Waals surface area contributed by atoms with Crippen molar-refractivity contribution in [2.24, 2.45) is 5.73 Å². The van der Waals surface area contributed by atoms with E-state index in [0.29, 0.717) is 17.3 Å². The molecule has 0 aliphatic heterocycles. The predicted molar refractivity (Wildman–Crippen MR) is 59.9 cm³/mol. The van der Waals surface area contributed by atoms with Crippen molar-refractivity contribution in [3.63, 3.8) is 0 Å². The monoisotopic (exact) mass is 230 g/mol. The van der Waals surface area contributed by atoms with E-state index in [-0.39, 0.29) is 6.54 Å². The molecule has 6 nitrogen and oxygen atoms in total. The van der Waals surface area contributed by atoms with Crippen LogP contribution in [0, 0.1) is 6.92 Å². The summed E-state index contributed by atoms with van der Waals surface area (Å²) in [6.07, 6.45) is 0. The smallest absolute Gasteiger partial charge is 0.240 e. The minimum Gasteiger partial charge on any atom is -0.356 e. The Kier molecular flexibility index (Phi) is 2.15. The first kappa shape index (κ1) is 9.98. The second-order valence-corrected chi connectivity index (χ2v) is 3.66. The summed E-state index contributed by atoms with van der Waals surface area (Å²) in [7, 11) is 0. The first-order valence-electron chi connectivity index (χ1n) is 5.17. The van der Waals surface area contributed by atoms with Gasteiger partial charge in [0.1, 0.15) is 0 Å². The van der Waals surface area contributed by atoms with Gasteiger partial charge in [0.2, 0.25) is 11.7 Å². The number of rotatable bonds is 2. The molecule has 0 atom stereocenters. The van der Waals surface area contributed by atoms with Gasteiger partial charge in [-0.1, -0.05) is 22.4 Å². The number of benzene rings is 1. The van der Waals surface area contributed by atoms with E-state index in [0.717, 1.165) is 16.6 Å². The lowest BCUT2D eigenvalue weighted by atomic mass is 10.1. The van der Waals surface area contributed by atoms with Crippen molar-refractivity contribution in [2.45, 2.75) is 13.5 Å². The molecule has 0 bridgehead atoms. The number of hydrogen-bond donors (Lipinski definition) is 1. The first-order valence-corrected chi connectivity index (χ1v) is 5.17. The summed E-state index contributed by atoms with van der Waals surface area (Å²) in [6.45, 7) is 2.10. The summed E-state index contributed by atoms with van der Waals surface area (Å²) in [4.78, 5) is 4.20. The van der Waals surface area contributed by atoms with E-state index in [1.165, 1.54) is 0 Å². The van der Waals surface area contributed by atoms with Crippen LogP contribution in [0.25, 0.3) is 22.4 Å². The summed E-state index contributed by atoms with van der Waals surface area (Å²) < 4.78 is 10.2. The van der Waals surface area contributed by atoms with Crippen molar-refractivity contribution in [3.8, 4) is 11.4 Å². The lowest BCUT2D eigenvalue weighted by molar-refractivity contribution is 0.380. The molecule has 0 radical (unpaired) electrons. The molecule has 86 valence electrons. The van der Waals surface area contributed by atoms with Crippen LogP contribution in [0.15, 0.2) is 27.2 Å². The Morgan fingerprint density at radius 3 is 2.88 bits per heavy atom. The third-order valence-electron chi connectivity index (χ3n) is 2.55. The van der Waals surface area contributed by atoms with E-state index in [2.05, 4.69) is 15.3 Å². The molecule has 3 rings (SSSR count). The summed E-state index contributed by atoms with van der Waals surface area (Å²) in [6, 6.07) is 5.61. The van der Waals surface area contributed by atoms with Gasteiger partial charge in [0.15, 0.2) is 5.58 Å². The molecule has 0 aliphatic rings. The van der Waals surface area contributed by atoms with Crippen molar-refractivity contribution in [1.29, 1.82) is 0 Å².